The van der Waals surface area contributed by atoms with Crippen LogP contribution < -0.4 is 10.3 Å². The molecule has 2 N–H and O–H groups in total. The molecule has 0 bridgehead atoms. The zero-order valence-corrected chi connectivity index (χ0v) is 13.5. The molecule has 0 aliphatic carbocycles. The van der Waals surface area contributed by atoms with Crippen molar-refractivity contribution in [3.63, 3.8) is 0 Å². The van der Waals surface area contributed by atoms with Crippen LogP contribution in [0.25, 0.3) is 0 Å². The summed E-state index contributed by atoms with van der Waals surface area (Å²) in [6, 6.07) is 9.84. The molecule has 0 amide bonds. The Balaban J connectivity index is 2.00. The number of hydrogen-bond donors (Lipinski definition) is 2. The molecule has 2 aromatic rings. The molecule has 2 rings (SSSR count). The number of carbonyl (C=O) groups is 2. The summed E-state index contributed by atoms with van der Waals surface area (Å²) in [5.74, 6) is -1.23. The maximum absolute atomic E-state index is 12.1. The predicted octanol–water partition coefficient (Wildman–Crippen LogP) is 2.56. The van der Waals surface area contributed by atoms with Crippen molar-refractivity contribution in [2.75, 3.05) is 0 Å². The molecular formula is C18H19NO5. The second-order valence-electron chi connectivity index (χ2n) is 5.72. The van der Waals surface area contributed by atoms with Crippen molar-refractivity contribution >= 4 is 11.8 Å². The van der Waals surface area contributed by atoms with E-state index in [0.29, 0.717) is 17.0 Å². The Morgan fingerprint density at radius 2 is 1.88 bits per heavy atom. The molecule has 0 radical (unpaired) electrons. The van der Waals surface area contributed by atoms with Crippen LogP contribution in [0, 0.1) is 12.8 Å². The second kappa shape index (κ2) is 7.59. The summed E-state index contributed by atoms with van der Waals surface area (Å²) in [7, 11) is 0. The lowest BCUT2D eigenvalue weighted by atomic mass is 9.96. The lowest BCUT2D eigenvalue weighted by molar-refractivity contribution is -0.137. The smallest absolute Gasteiger partial charge is 0.304 e. The van der Waals surface area contributed by atoms with Crippen LogP contribution in [-0.2, 0) is 11.4 Å². The number of ketones is 1. The number of carboxylic acids is 1. The fourth-order valence-corrected chi connectivity index (χ4v) is 2.35. The van der Waals surface area contributed by atoms with Crippen molar-refractivity contribution in [3.05, 3.63) is 63.6 Å². The van der Waals surface area contributed by atoms with Crippen LogP contribution in [-0.4, -0.2) is 21.8 Å². The zero-order chi connectivity index (χ0) is 17.7. The molecule has 24 heavy (non-hydrogen) atoms. The predicted molar refractivity (Wildman–Crippen MR) is 88.3 cm³/mol. The molecule has 0 saturated heterocycles. The highest BCUT2D eigenvalue weighted by atomic mass is 16.5. The van der Waals surface area contributed by atoms with Crippen LogP contribution in [0.1, 0.15) is 35.0 Å². The SMILES string of the molecule is Cc1cc(COc2ccc(C(=O)C(C)CC(=O)O)cc2)[nH]c(=O)c1. The number of rotatable bonds is 7. The number of ether oxygens (including phenoxy) is 1. The van der Waals surface area contributed by atoms with E-state index in [4.69, 9.17) is 9.84 Å². The number of aromatic amines is 1. The number of aliphatic carboxylic acids is 1. The van der Waals surface area contributed by atoms with Gasteiger partial charge in [0.05, 0.1) is 12.1 Å². The normalized spacial score (nSPS) is 11.8. The van der Waals surface area contributed by atoms with E-state index in [1.165, 1.54) is 6.07 Å². The molecule has 0 aliphatic heterocycles. The molecular weight excluding hydrogens is 310 g/mol. The van der Waals surface area contributed by atoms with E-state index in [-0.39, 0.29) is 24.4 Å². The van der Waals surface area contributed by atoms with E-state index in [2.05, 4.69) is 4.98 Å². The van der Waals surface area contributed by atoms with Gasteiger partial charge in [-0.2, -0.15) is 0 Å². The molecule has 0 spiro atoms. The monoisotopic (exact) mass is 329 g/mol. The Kier molecular flexibility index (Phi) is 5.52. The van der Waals surface area contributed by atoms with E-state index >= 15 is 0 Å². The maximum atomic E-state index is 12.1. The Morgan fingerprint density at radius 3 is 2.46 bits per heavy atom. The lowest BCUT2D eigenvalue weighted by Gasteiger charge is -2.10. The summed E-state index contributed by atoms with van der Waals surface area (Å²) >= 11 is 0. The van der Waals surface area contributed by atoms with Crippen LogP contribution >= 0.6 is 0 Å². The molecule has 1 aromatic carbocycles. The van der Waals surface area contributed by atoms with Gasteiger partial charge in [-0.3, -0.25) is 14.4 Å². The molecule has 0 aliphatic rings. The van der Waals surface area contributed by atoms with E-state index in [0.717, 1.165) is 5.56 Å². The Bertz CT molecular complexity index is 792. The van der Waals surface area contributed by atoms with Crippen molar-refractivity contribution in [2.45, 2.75) is 26.9 Å². The molecule has 0 saturated carbocycles. The summed E-state index contributed by atoms with van der Waals surface area (Å²) in [6.07, 6.45) is -0.197. The minimum absolute atomic E-state index is 0.179. The quantitative estimate of drug-likeness (QED) is 0.761. The van der Waals surface area contributed by atoms with E-state index in [9.17, 15) is 14.4 Å². The molecule has 1 atom stereocenters. The highest BCUT2D eigenvalue weighted by molar-refractivity contribution is 5.99. The Hall–Kier alpha value is -2.89. The van der Waals surface area contributed by atoms with Crippen LogP contribution in [0.2, 0.25) is 0 Å². The second-order valence-corrected chi connectivity index (χ2v) is 5.72. The molecule has 1 aromatic heterocycles. The molecule has 0 fully saturated rings. The van der Waals surface area contributed by atoms with Gasteiger partial charge in [0.15, 0.2) is 5.78 Å². The van der Waals surface area contributed by atoms with Gasteiger partial charge in [-0.05, 0) is 42.8 Å². The highest BCUT2D eigenvalue weighted by Gasteiger charge is 2.18. The largest absolute Gasteiger partial charge is 0.487 e. The average Bonchev–Trinajstić information content (AvgIpc) is 2.51. The van der Waals surface area contributed by atoms with Gasteiger partial charge in [-0.1, -0.05) is 6.92 Å². The Morgan fingerprint density at radius 1 is 1.21 bits per heavy atom. The molecule has 6 heteroatoms. The number of aromatic nitrogens is 1. The van der Waals surface area contributed by atoms with Crippen molar-refractivity contribution in [2.24, 2.45) is 5.92 Å². The highest BCUT2D eigenvalue weighted by Crippen LogP contribution is 2.17. The topological polar surface area (TPSA) is 96.5 Å². The van der Waals surface area contributed by atoms with Crippen LogP contribution in [0.3, 0.4) is 0 Å². The van der Waals surface area contributed by atoms with Gasteiger partial charge in [0, 0.05) is 17.5 Å². The van der Waals surface area contributed by atoms with Gasteiger partial charge >= 0.3 is 5.97 Å². The summed E-state index contributed by atoms with van der Waals surface area (Å²) in [5, 5.41) is 8.74. The number of H-pyrrole nitrogens is 1. The van der Waals surface area contributed by atoms with Crippen molar-refractivity contribution in [3.8, 4) is 5.75 Å². The number of hydrogen-bond acceptors (Lipinski definition) is 4. The zero-order valence-electron chi connectivity index (χ0n) is 13.5. The number of carbonyl (C=O) groups excluding carboxylic acids is 1. The summed E-state index contributed by atoms with van der Waals surface area (Å²) in [6.45, 7) is 3.63. The third-order valence-corrected chi connectivity index (χ3v) is 3.51. The number of nitrogens with one attached hydrogen (secondary N) is 1. The van der Waals surface area contributed by atoms with Crippen molar-refractivity contribution in [1.29, 1.82) is 0 Å². The summed E-state index contributed by atoms with van der Waals surface area (Å²) in [5.41, 5.74) is 1.78. The first kappa shape index (κ1) is 17.5. The minimum atomic E-state index is -0.997. The van der Waals surface area contributed by atoms with Crippen molar-refractivity contribution in [1.82, 2.24) is 4.98 Å². The van der Waals surface area contributed by atoms with Gasteiger partial charge in [0.25, 0.3) is 0 Å². The summed E-state index contributed by atoms with van der Waals surface area (Å²) < 4.78 is 5.59. The van der Waals surface area contributed by atoms with Gasteiger partial charge in [0.2, 0.25) is 5.56 Å². The van der Waals surface area contributed by atoms with Crippen LogP contribution in [0.4, 0.5) is 0 Å². The third kappa shape index (κ3) is 4.81. The van der Waals surface area contributed by atoms with E-state index in [1.807, 2.05) is 13.0 Å². The average molecular weight is 329 g/mol. The minimum Gasteiger partial charge on any atom is -0.487 e. The van der Waals surface area contributed by atoms with Crippen LogP contribution in [0.5, 0.6) is 5.75 Å². The Labute approximate surface area is 139 Å². The van der Waals surface area contributed by atoms with Gasteiger partial charge in [-0.15, -0.1) is 0 Å². The van der Waals surface area contributed by atoms with Gasteiger partial charge in [0.1, 0.15) is 12.4 Å². The first-order valence-electron chi connectivity index (χ1n) is 7.54. The van der Waals surface area contributed by atoms with Gasteiger partial charge in [-0.25, -0.2) is 0 Å². The molecule has 1 heterocycles. The van der Waals surface area contributed by atoms with E-state index in [1.54, 1.807) is 31.2 Å². The number of benzene rings is 1. The van der Waals surface area contributed by atoms with Crippen LogP contribution in [0.15, 0.2) is 41.2 Å². The fraction of sp³-hybridized carbons (Fsp3) is 0.278. The number of carboxylic acid groups (broad SMARTS) is 1. The van der Waals surface area contributed by atoms with Gasteiger partial charge < -0.3 is 14.8 Å². The first-order valence-corrected chi connectivity index (χ1v) is 7.54. The lowest BCUT2D eigenvalue weighted by Crippen LogP contribution is -2.15. The number of aryl methyl sites for hydroxylation is 1. The molecule has 1 unspecified atom stereocenters. The first-order chi connectivity index (χ1) is 11.3. The van der Waals surface area contributed by atoms with Crippen molar-refractivity contribution < 1.29 is 19.4 Å². The maximum Gasteiger partial charge on any atom is 0.304 e. The third-order valence-electron chi connectivity index (χ3n) is 3.51. The standard InChI is InChI=1S/C18H19NO5/c1-11-7-14(19-16(20)8-11)10-24-15-5-3-13(4-6-15)18(23)12(2)9-17(21)22/h3-8,12H,9-10H2,1-2H3,(H,19,20)(H,21,22). The molecule has 6 nitrogen and oxygen atoms in total. The molecule has 126 valence electrons. The fourth-order valence-electron chi connectivity index (χ4n) is 2.35. The number of pyridine rings is 1. The van der Waals surface area contributed by atoms with E-state index < -0.39 is 11.9 Å². The summed E-state index contributed by atoms with van der Waals surface area (Å²) in [4.78, 5) is 36.9. The number of Topliss-reactive ketones (excluding diaryl/α,β-unsaturated/α-hetero) is 1.